The van der Waals surface area contributed by atoms with Gasteiger partial charge in [0.25, 0.3) is 0 Å². The van der Waals surface area contributed by atoms with Gasteiger partial charge in [-0.15, -0.1) is 4.91 Å². The zero-order valence-corrected chi connectivity index (χ0v) is 5.49. The van der Waals surface area contributed by atoms with Gasteiger partial charge in [0.05, 0.1) is 12.2 Å². The smallest absolute Gasteiger partial charge is 0.204 e. The molecule has 0 spiro atoms. The zero-order valence-electron chi connectivity index (χ0n) is 5.49. The number of hydrogen-bond donors (Lipinski definition) is 0. The topological polar surface area (TPSA) is 62.5 Å². The second kappa shape index (κ2) is 3.28. The molecule has 0 amide bonds. The third kappa shape index (κ3) is 1.31. The average molecular weight is 140 g/mol. The number of rotatable bonds is 2. The monoisotopic (exact) mass is 140 g/mol. The molecule has 1 heterocycles. The van der Waals surface area contributed by atoms with Gasteiger partial charge in [0, 0.05) is 6.61 Å². The lowest BCUT2D eigenvalue weighted by Crippen LogP contribution is -2.20. The molecule has 0 aromatic heterocycles. The van der Waals surface area contributed by atoms with Crippen molar-refractivity contribution in [3.63, 3.8) is 0 Å². The van der Waals surface area contributed by atoms with Crippen molar-refractivity contribution >= 4 is 0 Å². The highest BCUT2D eigenvalue weighted by atomic mass is 16.5. The fourth-order valence-corrected chi connectivity index (χ4v) is 1.03. The van der Waals surface area contributed by atoms with Crippen molar-refractivity contribution in [1.29, 1.82) is 5.26 Å². The van der Waals surface area contributed by atoms with E-state index >= 15 is 0 Å². The Kier molecular flexibility index (Phi) is 2.35. The van der Waals surface area contributed by atoms with Crippen LogP contribution in [0.1, 0.15) is 12.8 Å². The number of hydrogen-bond acceptors (Lipinski definition) is 4. The number of nitroso groups, excluding NO2 is 1. The molecule has 1 aliphatic heterocycles. The molecule has 0 N–H and O–H groups in total. The SMILES string of the molecule is N#CC(N=O)C1CCCO1. The summed E-state index contributed by atoms with van der Waals surface area (Å²) in [6.07, 6.45) is 1.46. The Balaban J connectivity index is 2.46. The fourth-order valence-electron chi connectivity index (χ4n) is 1.03. The predicted octanol–water partition coefficient (Wildman–Crippen LogP) is 0.824. The van der Waals surface area contributed by atoms with Crippen molar-refractivity contribution in [2.45, 2.75) is 25.0 Å². The lowest BCUT2D eigenvalue weighted by atomic mass is 10.1. The van der Waals surface area contributed by atoms with Crippen LogP contribution in [0.3, 0.4) is 0 Å². The molecule has 0 radical (unpaired) electrons. The molecule has 4 heteroatoms. The summed E-state index contributed by atoms with van der Waals surface area (Å²) >= 11 is 0. The van der Waals surface area contributed by atoms with Crippen LogP contribution in [0.5, 0.6) is 0 Å². The van der Waals surface area contributed by atoms with Crippen LogP contribution in [-0.4, -0.2) is 18.8 Å². The van der Waals surface area contributed by atoms with Crippen molar-refractivity contribution in [3.05, 3.63) is 4.91 Å². The van der Waals surface area contributed by atoms with Crippen LogP contribution in [-0.2, 0) is 4.74 Å². The van der Waals surface area contributed by atoms with E-state index in [4.69, 9.17) is 10.00 Å². The van der Waals surface area contributed by atoms with E-state index in [1.807, 2.05) is 0 Å². The van der Waals surface area contributed by atoms with Gasteiger partial charge in [-0.25, -0.2) is 0 Å². The molecule has 10 heavy (non-hydrogen) atoms. The van der Waals surface area contributed by atoms with Gasteiger partial charge in [-0.1, -0.05) is 0 Å². The first kappa shape index (κ1) is 7.16. The molecule has 2 unspecified atom stereocenters. The highest BCUT2D eigenvalue weighted by Crippen LogP contribution is 2.16. The summed E-state index contributed by atoms with van der Waals surface area (Å²) in [4.78, 5) is 9.97. The highest BCUT2D eigenvalue weighted by molar-refractivity contribution is 4.96. The van der Waals surface area contributed by atoms with E-state index in [0.717, 1.165) is 12.8 Å². The molecule has 1 rings (SSSR count). The summed E-state index contributed by atoms with van der Waals surface area (Å²) in [5.74, 6) is 0. The Morgan fingerprint density at radius 3 is 3.00 bits per heavy atom. The van der Waals surface area contributed by atoms with Crippen LogP contribution in [0.25, 0.3) is 0 Å². The average Bonchev–Trinajstić information content (AvgIpc) is 2.43. The number of nitriles is 1. The van der Waals surface area contributed by atoms with Crippen LogP contribution < -0.4 is 0 Å². The predicted molar refractivity (Wildman–Crippen MR) is 34.2 cm³/mol. The van der Waals surface area contributed by atoms with Gasteiger partial charge in [-0.05, 0) is 18.0 Å². The van der Waals surface area contributed by atoms with Crippen molar-refractivity contribution < 1.29 is 4.74 Å². The van der Waals surface area contributed by atoms with Crippen LogP contribution in [0.4, 0.5) is 0 Å². The second-order valence-corrected chi connectivity index (χ2v) is 2.23. The Hall–Kier alpha value is -0.950. The van der Waals surface area contributed by atoms with E-state index in [9.17, 15) is 4.91 Å². The van der Waals surface area contributed by atoms with Crippen LogP contribution in [0.2, 0.25) is 0 Å². The summed E-state index contributed by atoms with van der Waals surface area (Å²) in [6.45, 7) is 0.651. The Morgan fingerprint density at radius 2 is 2.60 bits per heavy atom. The molecule has 0 aromatic carbocycles. The van der Waals surface area contributed by atoms with Gasteiger partial charge in [-0.3, -0.25) is 0 Å². The molecule has 1 saturated heterocycles. The van der Waals surface area contributed by atoms with Gasteiger partial charge in [0.2, 0.25) is 6.04 Å². The Bertz CT molecular complexity index is 158. The molecule has 0 saturated carbocycles. The maximum Gasteiger partial charge on any atom is 0.204 e. The quantitative estimate of drug-likeness (QED) is 0.533. The molecule has 0 aliphatic carbocycles. The molecule has 0 bridgehead atoms. The third-order valence-corrected chi connectivity index (χ3v) is 1.56. The van der Waals surface area contributed by atoms with Crippen molar-refractivity contribution in [3.8, 4) is 6.07 Å². The third-order valence-electron chi connectivity index (χ3n) is 1.56. The summed E-state index contributed by atoms with van der Waals surface area (Å²) in [7, 11) is 0. The minimum absolute atomic E-state index is 0.248. The zero-order chi connectivity index (χ0) is 7.40. The highest BCUT2D eigenvalue weighted by Gasteiger charge is 2.26. The fraction of sp³-hybridized carbons (Fsp3) is 0.833. The van der Waals surface area contributed by atoms with E-state index in [0.29, 0.717) is 6.61 Å². The molecule has 2 atom stereocenters. The summed E-state index contributed by atoms with van der Waals surface area (Å²) < 4.78 is 5.08. The van der Waals surface area contributed by atoms with Crippen molar-refractivity contribution in [2.24, 2.45) is 5.18 Å². The first-order valence-corrected chi connectivity index (χ1v) is 3.22. The van der Waals surface area contributed by atoms with Crippen LogP contribution in [0.15, 0.2) is 5.18 Å². The van der Waals surface area contributed by atoms with Crippen LogP contribution in [0, 0.1) is 16.2 Å². The standard InChI is InChI=1S/C6H8N2O2/c7-4-5(8-9)6-2-1-3-10-6/h5-6H,1-3H2. The van der Waals surface area contributed by atoms with E-state index in [1.165, 1.54) is 0 Å². The van der Waals surface area contributed by atoms with Crippen LogP contribution >= 0.6 is 0 Å². The first-order chi connectivity index (χ1) is 4.88. The van der Waals surface area contributed by atoms with Gasteiger partial charge in [-0.2, -0.15) is 5.26 Å². The normalized spacial score (nSPS) is 27.3. The minimum Gasteiger partial charge on any atom is -0.375 e. The first-order valence-electron chi connectivity index (χ1n) is 3.22. The maximum absolute atomic E-state index is 9.97. The maximum atomic E-state index is 9.97. The summed E-state index contributed by atoms with van der Waals surface area (Å²) in [6, 6.07) is 0.986. The lowest BCUT2D eigenvalue weighted by molar-refractivity contribution is 0.103. The second-order valence-electron chi connectivity index (χ2n) is 2.23. The molecular weight excluding hydrogens is 132 g/mol. The van der Waals surface area contributed by atoms with E-state index in [1.54, 1.807) is 6.07 Å². The molecule has 0 aromatic rings. The van der Waals surface area contributed by atoms with Gasteiger partial charge in [0.1, 0.15) is 0 Å². The van der Waals surface area contributed by atoms with Crippen molar-refractivity contribution in [2.75, 3.05) is 6.61 Å². The Labute approximate surface area is 58.8 Å². The van der Waals surface area contributed by atoms with Crippen molar-refractivity contribution in [1.82, 2.24) is 0 Å². The molecule has 1 aliphatic rings. The van der Waals surface area contributed by atoms with Gasteiger partial charge in [0.15, 0.2) is 0 Å². The largest absolute Gasteiger partial charge is 0.375 e. The Morgan fingerprint density at radius 1 is 1.80 bits per heavy atom. The summed E-state index contributed by atoms with van der Waals surface area (Å²) in [5.41, 5.74) is 0. The van der Waals surface area contributed by atoms with E-state index in [2.05, 4.69) is 5.18 Å². The number of nitrogens with zero attached hydrogens (tertiary/aromatic N) is 2. The molecule has 4 nitrogen and oxygen atoms in total. The molecule has 1 fully saturated rings. The number of ether oxygens (including phenoxy) is 1. The molecular formula is C6H8N2O2. The van der Waals surface area contributed by atoms with E-state index in [-0.39, 0.29) is 6.10 Å². The summed E-state index contributed by atoms with van der Waals surface area (Å²) in [5, 5.41) is 11.0. The lowest BCUT2D eigenvalue weighted by Gasteiger charge is -2.06. The van der Waals surface area contributed by atoms with Gasteiger partial charge >= 0.3 is 0 Å². The van der Waals surface area contributed by atoms with E-state index < -0.39 is 6.04 Å². The molecule has 54 valence electrons. The van der Waals surface area contributed by atoms with Gasteiger partial charge < -0.3 is 4.74 Å². The minimum atomic E-state index is -0.803.